The minimum absolute atomic E-state index is 0.104. The van der Waals surface area contributed by atoms with Crippen molar-refractivity contribution in [3.05, 3.63) is 58.4 Å². The van der Waals surface area contributed by atoms with Crippen LogP contribution in [0.1, 0.15) is 16.7 Å². The molecule has 4 nitrogen and oxygen atoms in total. The van der Waals surface area contributed by atoms with E-state index in [1.807, 2.05) is 0 Å². The number of nitrogen functional groups attached to an aromatic ring is 1. The lowest BCUT2D eigenvalue weighted by atomic mass is 10.1. The van der Waals surface area contributed by atoms with Crippen molar-refractivity contribution in [2.24, 2.45) is 4.40 Å². The molecule has 0 fully saturated rings. The number of anilines is 1. The number of nitrogens with two attached hydrogens (primary N) is 1. The number of halogens is 3. The molecule has 0 spiro atoms. The SMILES string of the molecule is Cc1ccc(S(=O)(=O)/N=C/c2c(C)c(N)c(F)c(F)c2F)cc1. The van der Waals surface area contributed by atoms with E-state index in [9.17, 15) is 21.6 Å². The normalized spacial score (nSPS) is 12.0. The second kappa shape index (κ2) is 6.04. The molecule has 0 aliphatic heterocycles. The molecule has 2 aromatic rings. The molecule has 0 saturated carbocycles. The Balaban J connectivity index is 2.50. The third kappa shape index (κ3) is 3.21. The van der Waals surface area contributed by atoms with E-state index in [0.717, 1.165) is 5.56 Å². The molecule has 23 heavy (non-hydrogen) atoms. The van der Waals surface area contributed by atoms with Gasteiger partial charge in [-0.05, 0) is 31.5 Å². The highest BCUT2D eigenvalue weighted by molar-refractivity contribution is 7.90. The number of aryl methyl sites for hydroxylation is 1. The number of nitrogens with zero attached hydrogens (tertiary/aromatic N) is 1. The van der Waals surface area contributed by atoms with Crippen molar-refractivity contribution in [3.8, 4) is 0 Å². The first-order valence-electron chi connectivity index (χ1n) is 6.44. The highest BCUT2D eigenvalue weighted by Gasteiger charge is 2.21. The Morgan fingerprint density at radius 3 is 2.13 bits per heavy atom. The van der Waals surface area contributed by atoms with Crippen molar-refractivity contribution in [3.63, 3.8) is 0 Å². The maximum atomic E-state index is 13.8. The Morgan fingerprint density at radius 1 is 1.00 bits per heavy atom. The molecule has 0 radical (unpaired) electrons. The molecule has 0 aliphatic carbocycles. The first-order valence-corrected chi connectivity index (χ1v) is 7.88. The third-order valence-corrected chi connectivity index (χ3v) is 4.56. The Morgan fingerprint density at radius 2 is 1.57 bits per heavy atom. The van der Waals surface area contributed by atoms with Crippen molar-refractivity contribution >= 4 is 21.9 Å². The van der Waals surface area contributed by atoms with Gasteiger partial charge < -0.3 is 5.73 Å². The van der Waals surface area contributed by atoms with Gasteiger partial charge in [-0.2, -0.15) is 12.8 Å². The fraction of sp³-hybridized carbons (Fsp3) is 0.133. The second-order valence-electron chi connectivity index (χ2n) is 4.92. The van der Waals surface area contributed by atoms with Crippen molar-refractivity contribution in [2.45, 2.75) is 18.7 Å². The third-order valence-electron chi connectivity index (χ3n) is 3.31. The molecule has 2 aromatic carbocycles. The van der Waals surface area contributed by atoms with E-state index < -0.39 is 38.7 Å². The van der Waals surface area contributed by atoms with Crippen molar-refractivity contribution in [1.29, 1.82) is 0 Å². The molecule has 0 unspecified atom stereocenters. The summed E-state index contributed by atoms with van der Waals surface area (Å²) in [4.78, 5) is -0.104. The van der Waals surface area contributed by atoms with Crippen LogP contribution in [0.2, 0.25) is 0 Å². The van der Waals surface area contributed by atoms with E-state index in [1.165, 1.54) is 19.1 Å². The number of benzene rings is 2. The van der Waals surface area contributed by atoms with Crippen LogP contribution < -0.4 is 5.73 Å². The van der Waals surface area contributed by atoms with Gasteiger partial charge in [-0.1, -0.05) is 17.7 Å². The maximum Gasteiger partial charge on any atom is 0.282 e. The summed E-state index contributed by atoms with van der Waals surface area (Å²) in [5.74, 6) is -4.84. The average molecular weight is 342 g/mol. The lowest BCUT2D eigenvalue weighted by molar-refractivity contribution is 0.448. The summed E-state index contributed by atoms with van der Waals surface area (Å²) in [6, 6.07) is 5.82. The maximum absolute atomic E-state index is 13.8. The molecule has 8 heteroatoms. The summed E-state index contributed by atoms with van der Waals surface area (Å²) in [5.41, 5.74) is 4.93. The van der Waals surface area contributed by atoms with Crippen molar-refractivity contribution in [2.75, 3.05) is 5.73 Å². The molecule has 0 aliphatic rings. The van der Waals surface area contributed by atoms with Gasteiger partial charge in [0.15, 0.2) is 17.5 Å². The van der Waals surface area contributed by atoms with E-state index >= 15 is 0 Å². The highest BCUT2D eigenvalue weighted by Crippen LogP contribution is 2.25. The van der Waals surface area contributed by atoms with Gasteiger partial charge in [0.25, 0.3) is 10.0 Å². The predicted octanol–water partition coefficient (Wildman–Crippen LogP) is 3.11. The molecule has 0 atom stereocenters. The molecule has 0 aromatic heterocycles. The van der Waals surface area contributed by atoms with Gasteiger partial charge in [-0.15, -0.1) is 0 Å². The van der Waals surface area contributed by atoms with Crippen LogP contribution in [-0.4, -0.2) is 14.6 Å². The fourth-order valence-corrected chi connectivity index (χ4v) is 2.70. The van der Waals surface area contributed by atoms with Crippen molar-refractivity contribution in [1.82, 2.24) is 0 Å². The minimum Gasteiger partial charge on any atom is -0.396 e. The van der Waals surface area contributed by atoms with Crippen molar-refractivity contribution < 1.29 is 21.6 Å². The molecule has 122 valence electrons. The van der Waals surface area contributed by atoms with Crippen LogP contribution in [0.3, 0.4) is 0 Å². The number of sulfonamides is 1. The van der Waals surface area contributed by atoms with Gasteiger partial charge in [0.2, 0.25) is 0 Å². The summed E-state index contributed by atoms with van der Waals surface area (Å²) in [6.07, 6.45) is 0.624. The molecule has 0 amide bonds. The molecule has 0 saturated heterocycles. The molecule has 0 bridgehead atoms. The average Bonchev–Trinajstić information content (AvgIpc) is 2.51. The summed E-state index contributed by atoms with van der Waals surface area (Å²) >= 11 is 0. The second-order valence-corrected chi connectivity index (χ2v) is 6.55. The van der Waals surface area contributed by atoms with Crippen LogP contribution in [0.15, 0.2) is 33.6 Å². The summed E-state index contributed by atoms with van der Waals surface area (Å²) in [6.45, 7) is 3.02. The van der Waals surface area contributed by atoms with Crippen LogP contribution in [0.25, 0.3) is 0 Å². The lowest BCUT2D eigenvalue weighted by Crippen LogP contribution is -2.07. The van der Waals surface area contributed by atoms with E-state index in [1.54, 1.807) is 19.1 Å². The monoisotopic (exact) mass is 342 g/mol. The Labute approximate surface area is 131 Å². The summed E-state index contributed by atoms with van der Waals surface area (Å²) < 4.78 is 67.9. The summed E-state index contributed by atoms with van der Waals surface area (Å²) in [5, 5.41) is 0. The minimum atomic E-state index is -4.10. The first-order chi connectivity index (χ1) is 10.6. The van der Waals surface area contributed by atoms with Crippen LogP contribution in [0, 0.1) is 31.3 Å². The predicted molar refractivity (Wildman–Crippen MR) is 81.4 cm³/mol. The van der Waals surface area contributed by atoms with Gasteiger partial charge in [0.05, 0.1) is 16.8 Å². The number of rotatable bonds is 3. The molecular weight excluding hydrogens is 329 g/mol. The molecule has 0 heterocycles. The molecule has 2 rings (SSSR count). The van der Waals surface area contributed by atoms with E-state index in [4.69, 9.17) is 5.73 Å². The van der Waals surface area contributed by atoms with Gasteiger partial charge >= 0.3 is 0 Å². The van der Waals surface area contributed by atoms with Crippen LogP contribution >= 0.6 is 0 Å². The topological polar surface area (TPSA) is 72.5 Å². The first kappa shape index (κ1) is 17.0. The number of hydrogen-bond donors (Lipinski definition) is 1. The Hall–Kier alpha value is -2.35. The highest BCUT2D eigenvalue weighted by atomic mass is 32.2. The quantitative estimate of drug-likeness (QED) is 0.529. The Kier molecular flexibility index (Phi) is 4.46. The largest absolute Gasteiger partial charge is 0.396 e. The smallest absolute Gasteiger partial charge is 0.282 e. The van der Waals surface area contributed by atoms with E-state index in [2.05, 4.69) is 4.40 Å². The van der Waals surface area contributed by atoms with Gasteiger partial charge in [-0.3, -0.25) is 0 Å². The molecular formula is C15H13F3N2O2S. The van der Waals surface area contributed by atoms with Gasteiger partial charge in [0.1, 0.15) is 0 Å². The summed E-state index contributed by atoms with van der Waals surface area (Å²) in [7, 11) is -4.10. The zero-order valence-corrected chi connectivity index (χ0v) is 13.1. The zero-order chi connectivity index (χ0) is 17.4. The van der Waals surface area contributed by atoms with Crippen LogP contribution in [0.5, 0.6) is 0 Å². The Bertz CT molecular complexity index is 863. The molecule has 2 N–H and O–H groups in total. The van der Waals surface area contributed by atoms with E-state index in [-0.39, 0.29) is 10.5 Å². The zero-order valence-electron chi connectivity index (χ0n) is 12.3. The standard InChI is InChI=1S/C15H13F3N2O2S/c1-8-3-5-10(6-4-8)23(21,22)20-7-11-9(2)15(19)14(18)13(17)12(11)16/h3-7H,19H2,1-2H3/b20-7+. The number of hydrogen-bond acceptors (Lipinski definition) is 3. The van der Waals surface area contributed by atoms with Crippen LogP contribution in [0.4, 0.5) is 18.9 Å². The van der Waals surface area contributed by atoms with Crippen LogP contribution in [-0.2, 0) is 10.0 Å². The van der Waals surface area contributed by atoms with Gasteiger partial charge in [-0.25, -0.2) is 13.2 Å². The van der Waals surface area contributed by atoms with Gasteiger partial charge in [0, 0.05) is 5.56 Å². The lowest BCUT2D eigenvalue weighted by Gasteiger charge is -2.08. The fourth-order valence-electron chi connectivity index (χ4n) is 1.85. The van der Waals surface area contributed by atoms with E-state index in [0.29, 0.717) is 6.21 Å².